The molecule has 0 aromatic rings. The summed E-state index contributed by atoms with van der Waals surface area (Å²) in [6.07, 6.45) is 23.1. The Morgan fingerprint density at radius 1 is 0.792 bits per heavy atom. The van der Waals surface area contributed by atoms with E-state index in [1.54, 1.807) is 0 Å². The average molecular weight is 335 g/mol. The van der Waals surface area contributed by atoms with Crippen LogP contribution in [0.1, 0.15) is 117 Å². The molecule has 2 fully saturated rings. The molecule has 0 radical (unpaired) electrons. The molecule has 0 heterocycles. The van der Waals surface area contributed by atoms with Crippen molar-refractivity contribution in [2.24, 2.45) is 23.2 Å². The average Bonchev–Trinajstić information content (AvgIpc) is 2.65. The maximum absolute atomic E-state index is 12.2. The quantitative estimate of drug-likeness (QED) is 0.302. The van der Waals surface area contributed by atoms with E-state index in [0.29, 0.717) is 11.8 Å². The van der Waals surface area contributed by atoms with E-state index >= 15 is 0 Å². The Morgan fingerprint density at radius 2 is 1.42 bits per heavy atom. The van der Waals surface area contributed by atoms with E-state index in [1.165, 1.54) is 103 Å². The molecular weight excluding hydrogens is 292 g/mol. The highest BCUT2D eigenvalue weighted by atomic mass is 16.1. The van der Waals surface area contributed by atoms with E-state index in [2.05, 4.69) is 13.8 Å². The van der Waals surface area contributed by atoms with E-state index < -0.39 is 0 Å². The van der Waals surface area contributed by atoms with E-state index in [0.717, 1.165) is 12.3 Å². The van der Waals surface area contributed by atoms with Crippen LogP contribution in [0.25, 0.3) is 0 Å². The normalized spacial score (nSPS) is 28.4. The third-order valence-electron chi connectivity index (χ3n) is 7.52. The summed E-state index contributed by atoms with van der Waals surface area (Å²) in [7, 11) is 0. The minimum atomic E-state index is 0.0204. The molecule has 0 aromatic carbocycles. The number of rotatable bonds is 10. The van der Waals surface area contributed by atoms with Gasteiger partial charge in [-0.2, -0.15) is 0 Å². The number of carbonyl (C=O) groups excluding carboxylic acids is 1. The summed E-state index contributed by atoms with van der Waals surface area (Å²) in [6, 6.07) is 0. The lowest BCUT2D eigenvalue weighted by atomic mass is 9.57. The minimum Gasteiger partial charge on any atom is -0.303 e. The van der Waals surface area contributed by atoms with Crippen molar-refractivity contribution in [1.29, 1.82) is 0 Å². The predicted octanol–water partition coefficient (Wildman–Crippen LogP) is 7.33. The third-order valence-corrected chi connectivity index (χ3v) is 7.52. The number of unbranched alkanes of at least 4 members (excludes halogenated alkanes) is 4. The first-order chi connectivity index (χ1) is 11.8. The Labute approximate surface area is 151 Å². The molecule has 0 amide bonds. The summed E-state index contributed by atoms with van der Waals surface area (Å²) >= 11 is 0. The Kier molecular flexibility index (Phi) is 8.84. The lowest BCUT2D eigenvalue weighted by Crippen LogP contribution is -2.42. The van der Waals surface area contributed by atoms with Crippen LogP contribution in [-0.2, 0) is 4.79 Å². The van der Waals surface area contributed by atoms with Crippen molar-refractivity contribution in [3.63, 3.8) is 0 Å². The fourth-order valence-corrected chi connectivity index (χ4v) is 5.85. The fraction of sp³-hybridized carbons (Fsp3) is 0.957. The summed E-state index contributed by atoms with van der Waals surface area (Å²) < 4.78 is 0. The topological polar surface area (TPSA) is 17.1 Å². The van der Waals surface area contributed by atoms with Crippen molar-refractivity contribution in [2.75, 3.05) is 0 Å². The number of hydrogen-bond acceptors (Lipinski definition) is 1. The van der Waals surface area contributed by atoms with Gasteiger partial charge in [-0.1, -0.05) is 84.5 Å². The second kappa shape index (κ2) is 10.6. The first kappa shape index (κ1) is 20.0. The van der Waals surface area contributed by atoms with Crippen molar-refractivity contribution >= 4 is 6.29 Å². The third kappa shape index (κ3) is 5.09. The highest BCUT2D eigenvalue weighted by Crippen LogP contribution is 2.50. The summed E-state index contributed by atoms with van der Waals surface area (Å²) in [6.45, 7) is 4.57. The molecule has 0 saturated heterocycles. The zero-order valence-corrected chi connectivity index (χ0v) is 16.5. The summed E-state index contributed by atoms with van der Waals surface area (Å²) in [5.41, 5.74) is 0.0204. The molecule has 24 heavy (non-hydrogen) atoms. The molecule has 1 atom stereocenters. The molecule has 1 heteroatoms. The second-order valence-corrected chi connectivity index (χ2v) is 8.84. The molecule has 0 spiro atoms. The number of aldehydes is 1. The summed E-state index contributed by atoms with van der Waals surface area (Å²) in [4.78, 5) is 12.2. The summed E-state index contributed by atoms with van der Waals surface area (Å²) in [5, 5.41) is 0. The van der Waals surface area contributed by atoms with Gasteiger partial charge in [-0.3, -0.25) is 0 Å². The molecule has 0 aliphatic heterocycles. The van der Waals surface area contributed by atoms with Crippen LogP contribution in [-0.4, -0.2) is 6.29 Å². The van der Waals surface area contributed by atoms with Gasteiger partial charge in [0.15, 0.2) is 0 Å². The molecule has 2 aliphatic rings. The van der Waals surface area contributed by atoms with Gasteiger partial charge in [0.2, 0.25) is 0 Å². The standard InChI is InChI=1S/C23H42O/c1-3-5-6-7-9-12-20-15-17-22(18-16-20)23(4-2,19-24)21-13-10-8-11-14-21/h19-22H,3-18H2,1-2H3. The van der Waals surface area contributed by atoms with Gasteiger partial charge < -0.3 is 4.79 Å². The van der Waals surface area contributed by atoms with E-state index in [-0.39, 0.29) is 5.41 Å². The number of carbonyl (C=O) groups is 1. The highest BCUT2D eigenvalue weighted by molar-refractivity contribution is 5.60. The van der Waals surface area contributed by atoms with Gasteiger partial charge >= 0.3 is 0 Å². The smallest absolute Gasteiger partial charge is 0.126 e. The molecule has 0 aromatic heterocycles. The van der Waals surface area contributed by atoms with E-state index in [9.17, 15) is 4.79 Å². The van der Waals surface area contributed by atoms with E-state index in [1.807, 2.05) is 0 Å². The van der Waals surface area contributed by atoms with Crippen LogP contribution in [0.2, 0.25) is 0 Å². The van der Waals surface area contributed by atoms with Gasteiger partial charge in [-0.05, 0) is 49.9 Å². The molecule has 0 bridgehead atoms. The summed E-state index contributed by atoms with van der Waals surface area (Å²) in [5.74, 6) is 2.32. The predicted molar refractivity (Wildman–Crippen MR) is 104 cm³/mol. The van der Waals surface area contributed by atoms with Crippen LogP contribution in [0.5, 0.6) is 0 Å². The Hall–Kier alpha value is -0.330. The van der Waals surface area contributed by atoms with Crippen molar-refractivity contribution in [3.05, 3.63) is 0 Å². The molecule has 140 valence electrons. The Morgan fingerprint density at radius 3 is 2.00 bits per heavy atom. The van der Waals surface area contributed by atoms with Crippen LogP contribution < -0.4 is 0 Å². The van der Waals surface area contributed by atoms with Crippen LogP contribution in [0.4, 0.5) is 0 Å². The van der Waals surface area contributed by atoms with E-state index in [4.69, 9.17) is 0 Å². The van der Waals surface area contributed by atoms with Crippen molar-refractivity contribution in [1.82, 2.24) is 0 Å². The first-order valence-electron chi connectivity index (χ1n) is 11.2. The van der Waals surface area contributed by atoms with Gasteiger partial charge in [0.1, 0.15) is 6.29 Å². The van der Waals surface area contributed by atoms with Gasteiger partial charge in [-0.15, -0.1) is 0 Å². The zero-order chi connectivity index (χ0) is 17.3. The fourth-order valence-electron chi connectivity index (χ4n) is 5.85. The Balaban J connectivity index is 1.80. The minimum absolute atomic E-state index is 0.0204. The molecule has 0 N–H and O–H groups in total. The second-order valence-electron chi connectivity index (χ2n) is 8.84. The van der Waals surface area contributed by atoms with Gasteiger partial charge in [-0.25, -0.2) is 0 Å². The SMILES string of the molecule is CCCCCCCC1CCC(C(C=O)(CC)C2CCCCC2)CC1. The lowest BCUT2D eigenvalue weighted by molar-refractivity contribution is -0.126. The zero-order valence-electron chi connectivity index (χ0n) is 16.5. The molecule has 1 nitrogen and oxygen atoms in total. The number of hydrogen-bond donors (Lipinski definition) is 0. The van der Waals surface area contributed by atoms with Gasteiger partial charge in [0.25, 0.3) is 0 Å². The van der Waals surface area contributed by atoms with Crippen molar-refractivity contribution < 1.29 is 4.79 Å². The van der Waals surface area contributed by atoms with Gasteiger partial charge in [0.05, 0.1) is 0 Å². The molecule has 2 rings (SSSR count). The largest absolute Gasteiger partial charge is 0.303 e. The maximum Gasteiger partial charge on any atom is 0.126 e. The van der Waals surface area contributed by atoms with Crippen LogP contribution in [0, 0.1) is 23.2 Å². The van der Waals surface area contributed by atoms with Crippen LogP contribution in [0.15, 0.2) is 0 Å². The monoisotopic (exact) mass is 334 g/mol. The highest BCUT2D eigenvalue weighted by Gasteiger charge is 2.44. The Bertz CT molecular complexity index is 336. The molecular formula is C23H42O. The molecule has 2 aliphatic carbocycles. The maximum atomic E-state index is 12.2. The molecule has 1 unspecified atom stereocenters. The lowest BCUT2D eigenvalue weighted by Gasteiger charge is -2.46. The molecule has 2 saturated carbocycles. The van der Waals surface area contributed by atoms with Crippen LogP contribution >= 0.6 is 0 Å². The first-order valence-corrected chi connectivity index (χ1v) is 11.2. The van der Waals surface area contributed by atoms with Crippen molar-refractivity contribution in [2.45, 2.75) is 117 Å². The van der Waals surface area contributed by atoms with Crippen molar-refractivity contribution in [3.8, 4) is 0 Å². The van der Waals surface area contributed by atoms with Crippen LogP contribution in [0.3, 0.4) is 0 Å². The van der Waals surface area contributed by atoms with Gasteiger partial charge in [0, 0.05) is 5.41 Å².